The van der Waals surface area contributed by atoms with Crippen molar-refractivity contribution in [1.82, 2.24) is 30.0 Å². The number of methoxy groups -OCH3 is 1. The number of aryl methyl sites for hydroxylation is 2. The van der Waals surface area contributed by atoms with Crippen LogP contribution in [-0.4, -0.2) is 37.7 Å². The van der Waals surface area contributed by atoms with Crippen LogP contribution in [0, 0.1) is 12.7 Å². The Bertz CT molecular complexity index is 1270. The smallest absolute Gasteiger partial charge is 0.307 e. The molecule has 0 unspecified atom stereocenters. The molecule has 0 atom stereocenters. The molecule has 10 nitrogen and oxygen atoms in total. The van der Waals surface area contributed by atoms with Gasteiger partial charge >= 0.3 is 5.91 Å². The van der Waals surface area contributed by atoms with Crippen LogP contribution in [0.4, 0.5) is 16.2 Å². The molecule has 1 aromatic carbocycles. The van der Waals surface area contributed by atoms with E-state index >= 15 is 0 Å². The molecule has 32 heavy (non-hydrogen) atoms. The first-order valence-electron chi connectivity index (χ1n) is 9.60. The maximum atomic E-state index is 13.8. The van der Waals surface area contributed by atoms with Crippen LogP contribution in [0.25, 0.3) is 11.4 Å². The number of ether oxygens (including phenoxy) is 1. The quantitative estimate of drug-likeness (QED) is 0.453. The van der Waals surface area contributed by atoms with Crippen molar-refractivity contribution in [2.24, 2.45) is 7.05 Å². The summed E-state index contributed by atoms with van der Waals surface area (Å²) in [4.78, 5) is 25.4. The molecule has 0 radical (unpaired) electrons. The Labute approximate surface area is 182 Å². The number of carbonyl (C=O) groups is 1. The van der Waals surface area contributed by atoms with E-state index in [4.69, 9.17) is 9.15 Å². The van der Waals surface area contributed by atoms with Crippen molar-refractivity contribution >= 4 is 17.7 Å². The number of benzene rings is 1. The molecule has 0 saturated carbocycles. The Morgan fingerprint density at radius 1 is 1.28 bits per heavy atom. The summed E-state index contributed by atoms with van der Waals surface area (Å²) in [6, 6.07) is 6.23. The van der Waals surface area contributed by atoms with Gasteiger partial charge in [-0.05, 0) is 30.2 Å². The Morgan fingerprint density at radius 3 is 2.84 bits per heavy atom. The van der Waals surface area contributed by atoms with Gasteiger partial charge in [0, 0.05) is 25.9 Å². The third-order valence-electron chi connectivity index (χ3n) is 4.64. The SMILES string of the molecule is COc1ccc(CNC(=O)c2nc(-c3nc(Nc4ccnn4C)ncc3C)co2)cc1F. The fraction of sp³-hybridized carbons (Fsp3) is 0.190. The van der Waals surface area contributed by atoms with Crippen LogP contribution in [0.3, 0.4) is 0 Å². The van der Waals surface area contributed by atoms with Gasteiger partial charge in [-0.15, -0.1) is 0 Å². The lowest BCUT2D eigenvalue weighted by Crippen LogP contribution is -2.23. The van der Waals surface area contributed by atoms with Crippen molar-refractivity contribution in [2.45, 2.75) is 13.5 Å². The number of hydrogen-bond acceptors (Lipinski definition) is 8. The zero-order valence-corrected chi connectivity index (χ0v) is 17.6. The molecule has 4 rings (SSSR count). The number of carbonyl (C=O) groups excluding carboxylic acids is 1. The summed E-state index contributed by atoms with van der Waals surface area (Å²) < 4.78 is 25.7. The van der Waals surface area contributed by atoms with Gasteiger partial charge in [0.05, 0.1) is 13.3 Å². The number of anilines is 2. The molecule has 0 bridgehead atoms. The number of hydrogen-bond donors (Lipinski definition) is 2. The van der Waals surface area contributed by atoms with Gasteiger partial charge in [-0.25, -0.2) is 19.3 Å². The van der Waals surface area contributed by atoms with E-state index in [1.54, 1.807) is 36.3 Å². The Morgan fingerprint density at radius 2 is 2.12 bits per heavy atom. The summed E-state index contributed by atoms with van der Waals surface area (Å²) in [5.41, 5.74) is 2.23. The zero-order chi connectivity index (χ0) is 22.7. The second-order valence-corrected chi connectivity index (χ2v) is 6.88. The minimum Gasteiger partial charge on any atom is -0.494 e. The molecule has 0 saturated heterocycles. The molecule has 0 fully saturated rings. The predicted molar refractivity (Wildman–Crippen MR) is 113 cm³/mol. The van der Waals surface area contributed by atoms with Gasteiger partial charge in [0.15, 0.2) is 11.6 Å². The number of halogens is 1. The first-order chi connectivity index (χ1) is 15.4. The van der Waals surface area contributed by atoms with E-state index in [0.717, 1.165) is 11.4 Å². The minimum atomic E-state index is -0.535. The van der Waals surface area contributed by atoms with E-state index < -0.39 is 11.7 Å². The van der Waals surface area contributed by atoms with Gasteiger partial charge < -0.3 is 19.8 Å². The molecule has 2 N–H and O–H groups in total. The second-order valence-electron chi connectivity index (χ2n) is 6.88. The summed E-state index contributed by atoms with van der Waals surface area (Å²) >= 11 is 0. The van der Waals surface area contributed by atoms with Crippen molar-refractivity contribution in [3.8, 4) is 17.1 Å². The fourth-order valence-electron chi connectivity index (χ4n) is 2.94. The Hall–Kier alpha value is -4.28. The van der Waals surface area contributed by atoms with Crippen molar-refractivity contribution in [1.29, 1.82) is 0 Å². The van der Waals surface area contributed by atoms with Gasteiger partial charge in [-0.2, -0.15) is 5.10 Å². The van der Waals surface area contributed by atoms with Gasteiger partial charge in [-0.1, -0.05) is 6.07 Å². The van der Waals surface area contributed by atoms with Crippen LogP contribution in [0.1, 0.15) is 21.8 Å². The lowest BCUT2D eigenvalue weighted by Gasteiger charge is -2.07. The molecule has 3 heterocycles. The number of nitrogens with zero attached hydrogens (tertiary/aromatic N) is 5. The van der Waals surface area contributed by atoms with Crippen LogP contribution in [-0.2, 0) is 13.6 Å². The monoisotopic (exact) mass is 437 g/mol. The Kier molecular flexibility index (Phi) is 5.79. The third kappa shape index (κ3) is 4.41. The number of rotatable bonds is 7. The van der Waals surface area contributed by atoms with Crippen molar-refractivity contribution in [3.05, 3.63) is 65.8 Å². The van der Waals surface area contributed by atoms with Gasteiger partial charge in [-0.3, -0.25) is 9.48 Å². The lowest BCUT2D eigenvalue weighted by atomic mass is 10.2. The van der Waals surface area contributed by atoms with Gasteiger partial charge in [0.2, 0.25) is 5.95 Å². The van der Waals surface area contributed by atoms with Crippen LogP contribution >= 0.6 is 0 Å². The molecule has 0 aliphatic rings. The lowest BCUT2D eigenvalue weighted by molar-refractivity contribution is 0.0916. The normalized spacial score (nSPS) is 10.8. The average molecular weight is 437 g/mol. The number of aromatic nitrogens is 5. The summed E-state index contributed by atoms with van der Waals surface area (Å²) in [7, 11) is 3.18. The van der Waals surface area contributed by atoms with Crippen molar-refractivity contribution < 1.29 is 18.3 Å². The highest BCUT2D eigenvalue weighted by Gasteiger charge is 2.17. The van der Waals surface area contributed by atoms with Crippen LogP contribution in [0.15, 0.2) is 47.3 Å². The van der Waals surface area contributed by atoms with Crippen molar-refractivity contribution in [3.63, 3.8) is 0 Å². The minimum absolute atomic E-state index is 0.1000. The molecule has 0 spiro atoms. The number of amides is 1. The summed E-state index contributed by atoms with van der Waals surface area (Å²) in [6.45, 7) is 1.93. The highest BCUT2D eigenvalue weighted by atomic mass is 19.1. The standard InChI is InChI=1S/C21H20FN7O3/c1-12-9-24-21(27-17-6-7-25-29(17)2)28-18(12)15-11-32-20(26-15)19(30)23-10-13-4-5-16(31-3)14(22)8-13/h4-9,11H,10H2,1-3H3,(H,23,30)(H,24,27,28). The second kappa shape index (κ2) is 8.84. The maximum Gasteiger partial charge on any atom is 0.307 e. The molecule has 4 aromatic rings. The van der Waals surface area contributed by atoms with E-state index in [1.807, 2.05) is 6.92 Å². The molecule has 164 valence electrons. The van der Waals surface area contributed by atoms with E-state index in [0.29, 0.717) is 22.9 Å². The number of nitrogens with one attached hydrogen (secondary N) is 2. The van der Waals surface area contributed by atoms with E-state index in [-0.39, 0.29) is 18.2 Å². The summed E-state index contributed by atoms with van der Waals surface area (Å²) in [6.07, 6.45) is 4.65. The largest absolute Gasteiger partial charge is 0.494 e. The summed E-state index contributed by atoms with van der Waals surface area (Å²) in [5.74, 6) is 0.0302. The van der Waals surface area contributed by atoms with E-state index in [1.165, 1.54) is 25.5 Å². The first kappa shape index (κ1) is 21.0. The maximum absolute atomic E-state index is 13.8. The van der Waals surface area contributed by atoms with Crippen molar-refractivity contribution in [2.75, 3.05) is 12.4 Å². The van der Waals surface area contributed by atoms with Crippen LogP contribution < -0.4 is 15.4 Å². The molecule has 3 aromatic heterocycles. The first-order valence-corrected chi connectivity index (χ1v) is 9.60. The zero-order valence-electron chi connectivity index (χ0n) is 17.6. The fourth-order valence-corrected chi connectivity index (χ4v) is 2.94. The van der Waals surface area contributed by atoms with Crippen LogP contribution in [0.5, 0.6) is 5.75 Å². The highest BCUT2D eigenvalue weighted by molar-refractivity contribution is 5.90. The molecule has 1 amide bonds. The molecule has 0 aliphatic heterocycles. The summed E-state index contributed by atoms with van der Waals surface area (Å²) in [5, 5.41) is 9.81. The molecule has 0 aliphatic carbocycles. The van der Waals surface area contributed by atoms with Gasteiger partial charge in [0.1, 0.15) is 23.5 Å². The number of oxazole rings is 1. The van der Waals surface area contributed by atoms with Gasteiger partial charge in [0.25, 0.3) is 5.89 Å². The predicted octanol–water partition coefficient (Wildman–Crippen LogP) is 2.99. The van der Waals surface area contributed by atoms with E-state index in [9.17, 15) is 9.18 Å². The van der Waals surface area contributed by atoms with Crippen LogP contribution in [0.2, 0.25) is 0 Å². The average Bonchev–Trinajstić information content (AvgIpc) is 3.43. The topological polar surface area (TPSA) is 120 Å². The highest BCUT2D eigenvalue weighted by Crippen LogP contribution is 2.23. The molecule has 11 heteroatoms. The van der Waals surface area contributed by atoms with E-state index in [2.05, 4.69) is 30.7 Å². The Balaban J connectivity index is 1.47. The third-order valence-corrected chi connectivity index (χ3v) is 4.64. The molecular weight excluding hydrogens is 417 g/mol. The molecular formula is C21H20FN7O3.